The third-order valence-electron chi connectivity index (χ3n) is 2.38. The quantitative estimate of drug-likeness (QED) is 0.213. The maximum Gasteiger partial charge on any atom is 0.437 e. The number of aliphatic hydroxyl groups is 1. The molecule has 0 aliphatic heterocycles. The van der Waals surface area contributed by atoms with E-state index in [4.69, 9.17) is 10.2 Å². The average Bonchev–Trinajstić information content (AvgIpc) is 2.24. The first-order chi connectivity index (χ1) is 8.19. The summed E-state index contributed by atoms with van der Waals surface area (Å²) in [7, 11) is -4.27. The van der Waals surface area contributed by atoms with E-state index in [-0.39, 0.29) is 12.8 Å². The number of aliphatic carboxylic acids is 1. The molecule has 0 rings (SSSR count). The van der Waals surface area contributed by atoms with Crippen LogP contribution in [0.4, 0.5) is 0 Å². The maximum absolute atomic E-state index is 11.2. The van der Waals surface area contributed by atoms with Crippen molar-refractivity contribution in [3.8, 4) is 0 Å². The zero-order valence-electron chi connectivity index (χ0n) is 9.52. The highest BCUT2D eigenvalue weighted by molar-refractivity contribution is 7.63. The van der Waals surface area contributed by atoms with Crippen LogP contribution in [-0.4, -0.2) is 38.4 Å². The number of allylic oxidation sites excluding steroid dienone is 1. The van der Waals surface area contributed by atoms with E-state index in [0.29, 0.717) is 6.29 Å². The van der Waals surface area contributed by atoms with Gasteiger partial charge >= 0.3 is 13.8 Å². The van der Waals surface area contributed by atoms with E-state index in [1.165, 1.54) is 0 Å². The molecule has 0 aliphatic carbocycles. The maximum atomic E-state index is 11.2. The summed E-state index contributed by atoms with van der Waals surface area (Å²) >= 11 is 0. The lowest BCUT2D eigenvalue weighted by atomic mass is 9.81. The molecule has 18 heavy (non-hydrogen) atoms. The van der Waals surface area contributed by atoms with Gasteiger partial charge < -0.3 is 15.0 Å². The van der Waals surface area contributed by atoms with Crippen LogP contribution < -0.4 is 0 Å². The highest BCUT2D eigenvalue weighted by Gasteiger charge is 2.52. The summed E-state index contributed by atoms with van der Waals surface area (Å²) in [4.78, 5) is 52.4. The number of nitrogens with zero attached hydrogens (tertiary/aromatic N) is 1. The van der Waals surface area contributed by atoms with E-state index >= 15 is 0 Å². The number of carbonyl (C=O) groups excluding carboxylic acids is 1. The average molecular weight is 280 g/mol. The Labute approximate surface area is 103 Å². The fourth-order valence-electron chi connectivity index (χ4n) is 1.63. The van der Waals surface area contributed by atoms with Crippen molar-refractivity contribution in [2.24, 2.45) is 10.4 Å². The highest BCUT2D eigenvalue weighted by atomic mass is 31.2. The third kappa shape index (κ3) is 4.87. The minimum atomic E-state index is -4.27. The Morgan fingerprint density at radius 1 is 1.39 bits per heavy atom. The second-order valence-electron chi connectivity index (χ2n) is 3.97. The molecule has 0 aromatic carbocycles. The van der Waals surface area contributed by atoms with Gasteiger partial charge in [-0.2, -0.15) is 9.79 Å². The van der Waals surface area contributed by atoms with Crippen LogP contribution in [0.15, 0.2) is 17.3 Å². The van der Waals surface area contributed by atoms with Gasteiger partial charge in [-0.15, -0.1) is 4.91 Å². The minimum absolute atomic E-state index is 0.168. The largest absolute Gasteiger partial charge is 0.513 e. The monoisotopic (exact) mass is 280 g/mol. The van der Waals surface area contributed by atoms with Crippen molar-refractivity contribution >= 4 is 20.1 Å². The first kappa shape index (κ1) is 16.6. The summed E-state index contributed by atoms with van der Waals surface area (Å²) in [5.41, 5.74) is -1.85. The predicted octanol–water partition coefficient (Wildman–Crippen LogP) is 1.01. The normalized spacial score (nSPS) is 14.6. The molecule has 1 atom stereocenters. The second-order valence-corrected chi connectivity index (χ2v) is 5.83. The number of carboxylic acids is 1. The van der Waals surface area contributed by atoms with Gasteiger partial charge in [0.2, 0.25) is 0 Å². The lowest BCUT2D eigenvalue weighted by molar-refractivity contribution is -0.148. The van der Waals surface area contributed by atoms with Gasteiger partial charge in [0.1, 0.15) is 11.7 Å². The summed E-state index contributed by atoms with van der Waals surface area (Å²) in [5.74, 6) is -1.95. The summed E-state index contributed by atoms with van der Waals surface area (Å²) in [6.45, 7) is 3.13. The first-order valence-electron chi connectivity index (χ1n) is 4.91. The van der Waals surface area contributed by atoms with Crippen LogP contribution in [0.1, 0.15) is 19.3 Å². The Hall–Kier alpha value is -1.37. The summed E-state index contributed by atoms with van der Waals surface area (Å²) in [6, 6.07) is 0. The molecule has 0 aromatic heterocycles. The molecule has 1 unspecified atom stereocenters. The first-order valence-corrected chi connectivity index (χ1v) is 6.74. The Kier molecular flexibility index (Phi) is 6.04. The van der Waals surface area contributed by atoms with Crippen molar-refractivity contribution < 1.29 is 29.6 Å². The standard InChI is InChI=1S/C9H14NO7P/c1-7(12)5-9(8(13)14,3-2-4-11)6-18(16,17)10-15/h4,16-17H,1-3,5-6H2,(H-,12,13,14)/p+1. The van der Waals surface area contributed by atoms with Crippen molar-refractivity contribution in [3.05, 3.63) is 17.2 Å². The molecule has 0 aliphatic rings. The Morgan fingerprint density at radius 2 is 1.94 bits per heavy atom. The van der Waals surface area contributed by atoms with E-state index in [2.05, 4.69) is 11.5 Å². The zero-order valence-corrected chi connectivity index (χ0v) is 10.4. The summed E-state index contributed by atoms with van der Waals surface area (Å²) in [6.07, 6.45) is -1.30. The van der Waals surface area contributed by atoms with Gasteiger partial charge in [0.15, 0.2) is 11.1 Å². The van der Waals surface area contributed by atoms with Gasteiger partial charge in [-0.05, 0) is 6.42 Å². The number of hydrogen-bond donors (Lipinski definition) is 4. The molecule has 0 radical (unpaired) electrons. The third-order valence-corrected chi connectivity index (χ3v) is 3.67. The van der Waals surface area contributed by atoms with E-state index < -0.39 is 37.6 Å². The van der Waals surface area contributed by atoms with Crippen LogP contribution in [0.3, 0.4) is 0 Å². The molecule has 4 N–H and O–H groups in total. The topological polar surface area (TPSA) is 144 Å². The summed E-state index contributed by atoms with van der Waals surface area (Å²) < 4.78 is 0. The molecule has 0 fully saturated rings. The van der Waals surface area contributed by atoms with Crippen molar-refractivity contribution in [1.29, 1.82) is 0 Å². The zero-order chi connectivity index (χ0) is 14.4. The molecule has 0 aromatic rings. The number of carbonyl (C=O) groups is 2. The van der Waals surface area contributed by atoms with Gasteiger partial charge in [-0.3, -0.25) is 4.79 Å². The second kappa shape index (κ2) is 6.53. The van der Waals surface area contributed by atoms with Gasteiger partial charge in [0.05, 0.1) is 5.76 Å². The van der Waals surface area contributed by atoms with Gasteiger partial charge in [0.25, 0.3) is 0 Å². The van der Waals surface area contributed by atoms with Crippen LogP contribution in [0.2, 0.25) is 0 Å². The van der Waals surface area contributed by atoms with E-state index in [0.717, 1.165) is 0 Å². The van der Waals surface area contributed by atoms with Gasteiger partial charge in [-0.25, -0.2) is 0 Å². The Balaban J connectivity index is 5.30. The number of nitroso groups, excluding NO2 is 1. The number of rotatable bonds is 9. The van der Waals surface area contributed by atoms with Crippen molar-refractivity contribution in [2.75, 3.05) is 6.16 Å². The molecule has 0 saturated heterocycles. The number of aliphatic hydroxyl groups excluding tert-OH is 1. The summed E-state index contributed by atoms with van der Waals surface area (Å²) in [5, 5.41) is 18.2. The molecule has 102 valence electrons. The Morgan fingerprint density at radius 3 is 2.28 bits per heavy atom. The molecule has 0 amide bonds. The number of hydrogen-bond acceptors (Lipinski definition) is 7. The SMILES string of the molecule is C=C(O)CC(CCC=O)(C[P+](O)(O)N=O)C(=O)O. The molecule has 0 spiro atoms. The fourth-order valence-corrected chi connectivity index (χ4v) is 2.91. The van der Waals surface area contributed by atoms with Crippen LogP contribution >= 0.6 is 7.87 Å². The predicted molar refractivity (Wildman–Crippen MR) is 63.8 cm³/mol. The Bertz CT molecular complexity index is 357. The molecule has 0 saturated carbocycles. The van der Waals surface area contributed by atoms with Crippen LogP contribution in [0, 0.1) is 10.3 Å². The molecule has 0 heterocycles. The van der Waals surface area contributed by atoms with Crippen molar-refractivity contribution in [1.82, 2.24) is 0 Å². The van der Waals surface area contributed by atoms with E-state index in [1.54, 1.807) is 0 Å². The molecule has 8 nitrogen and oxygen atoms in total. The lowest BCUT2D eigenvalue weighted by Gasteiger charge is -2.26. The van der Waals surface area contributed by atoms with Crippen molar-refractivity contribution in [3.63, 3.8) is 0 Å². The fraction of sp³-hybridized carbons (Fsp3) is 0.556. The molecular weight excluding hydrogens is 265 g/mol. The van der Waals surface area contributed by atoms with Crippen molar-refractivity contribution in [2.45, 2.75) is 19.3 Å². The number of aldehydes is 1. The molecule has 9 heteroatoms. The van der Waals surface area contributed by atoms with Gasteiger partial charge in [0, 0.05) is 12.8 Å². The van der Waals surface area contributed by atoms with Crippen LogP contribution in [0.5, 0.6) is 0 Å². The highest BCUT2D eigenvalue weighted by Crippen LogP contribution is 2.57. The van der Waals surface area contributed by atoms with E-state index in [1.807, 2.05) is 0 Å². The smallest absolute Gasteiger partial charge is 0.437 e. The lowest BCUT2D eigenvalue weighted by Crippen LogP contribution is -2.36. The van der Waals surface area contributed by atoms with Crippen LogP contribution in [0.25, 0.3) is 0 Å². The molecular formula is C9H15NO7P+. The van der Waals surface area contributed by atoms with Crippen LogP contribution in [-0.2, 0) is 9.59 Å². The minimum Gasteiger partial charge on any atom is -0.513 e. The van der Waals surface area contributed by atoms with E-state index in [9.17, 15) is 24.3 Å². The van der Waals surface area contributed by atoms with Gasteiger partial charge in [-0.1, -0.05) is 6.58 Å². The number of carboxylic acid groups (broad SMARTS) is 1. The molecule has 0 bridgehead atoms.